The van der Waals surface area contributed by atoms with Crippen LogP contribution < -0.4 is 10.2 Å². The molecule has 9 nitrogen and oxygen atoms in total. The van der Waals surface area contributed by atoms with Crippen molar-refractivity contribution in [3.05, 3.63) is 46.0 Å². The molecule has 1 aliphatic heterocycles. The minimum Gasteiger partial charge on any atom is -0.365 e. The predicted molar refractivity (Wildman–Crippen MR) is 113 cm³/mol. The summed E-state index contributed by atoms with van der Waals surface area (Å²) in [6.45, 7) is 6.32. The topological polar surface area (TPSA) is 106 Å². The zero-order valence-corrected chi connectivity index (χ0v) is 17.5. The number of nitro groups is 1. The van der Waals surface area contributed by atoms with Gasteiger partial charge in [0.25, 0.3) is 11.6 Å². The SMILES string of the molecule is CC1CC(C)CN(c2ccc(C(=O)NCCc3nncn3C3CC3)cc2[N+](=O)[O-])C1. The predicted octanol–water partition coefficient (Wildman–Crippen LogP) is 2.98. The first-order valence-electron chi connectivity index (χ1n) is 10.6. The van der Waals surface area contributed by atoms with E-state index in [-0.39, 0.29) is 11.6 Å². The molecule has 2 heterocycles. The summed E-state index contributed by atoms with van der Waals surface area (Å²) in [5.74, 6) is 1.50. The van der Waals surface area contributed by atoms with Crippen LogP contribution >= 0.6 is 0 Å². The van der Waals surface area contributed by atoms with Crippen LogP contribution in [0.15, 0.2) is 24.5 Å². The Morgan fingerprint density at radius 2 is 2.00 bits per heavy atom. The van der Waals surface area contributed by atoms with E-state index in [9.17, 15) is 14.9 Å². The van der Waals surface area contributed by atoms with Gasteiger partial charge in [0.1, 0.15) is 17.8 Å². The van der Waals surface area contributed by atoms with Crippen molar-refractivity contribution in [2.24, 2.45) is 11.8 Å². The lowest BCUT2D eigenvalue weighted by Crippen LogP contribution is -2.39. The summed E-state index contributed by atoms with van der Waals surface area (Å²) < 4.78 is 2.06. The summed E-state index contributed by atoms with van der Waals surface area (Å²) in [4.78, 5) is 26.0. The van der Waals surface area contributed by atoms with Crippen LogP contribution in [0.25, 0.3) is 0 Å². The van der Waals surface area contributed by atoms with Crippen LogP contribution in [-0.4, -0.2) is 45.2 Å². The second-order valence-electron chi connectivity index (χ2n) is 8.70. The number of nitrogens with one attached hydrogen (secondary N) is 1. The average molecular weight is 412 g/mol. The summed E-state index contributed by atoms with van der Waals surface area (Å²) in [6.07, 6.45) is 5.72. The average Bonchev–Trinajstić information content (AvgIpc) is 3.45. The lowest BCUT2D eigenvalue weighted by atomic mass is 9.91. The Morgan fingerprint density at radius 3 is 2.67 bits per heavy atom. The Hall–Kier alpha value is -2.97. The molecule has 1 saturated carbocycles. The monoisotopic (exact) mass is 412 g/mol. The second-order valence-corrected chi connectivity index (χ2v) is 8.70. The number of aromatic nitrogens is 3. The highest BCUT2D eigenvalue weighted by atomic mass is 16.6. The van der Waals surface area contributed by atoms with E-state index in [1.54, 1.807) is 18.5 Å². The molecule has 1 saturated heterocycles. The molecule has 2 aromatic rings. The number of amides is 1. The maximum Gasteiger partial charge on any atom is 0.293 e. The fourth-order valence-electron chi connectivity index (χ4n) is 4.43. The van der Waals surface area contributed by atoms with Crippen LogP contribution in [0.1, 0.15) is 55.3 Å². The van der Waals surface area contributed by atoms with Crippen LogP contribution in [0, 0.1) is 22.0 Å². The van der Waals surface area contributed by atoms with Gasteiger partial charge in [0.15, 0.2) is 0 Å². The molecule has 0 spiro atoms. The van der Waals surface area contributed by atoms with Gasteiger partial charge in [-0.2, -0.15) is 0 Å². The number of hydrogen-bond acceptors (Lipinski definition) is 6. The summed E-state index contributed by atoms with van der Waals surface area (Å²) in [5, 5.41) is 22.6. The molecule has 1 aliphatic carbocycles. The maximum atomic E-state index is 12.6. The molecule has 4 rings (SSSR count). The smallest absolute Gasteiger partial charge is 0.293 e. The van der Waals surface area contributed by atoms with E-state index in [2.05, 4.69) is 38.8 Å². The number of nitro benzene ring substituents is 1. The summed E-state index contributed by atoms with van der Waals surface area (Å²) >= 11 is 0. The molecule has 1 aromatic heterocycles. The first-order valence-corrected chi connectivity index (χ1v) is 10.6. The minimum absolute atomic E-state index is 0.0163. The van der Waals surface area contributed by atoms with Crippen molar-refractivity contribution in [3.63, 3.8) is 0 Å². The van der Waals surface area contributed by atoms with Gasteiger partial charge in [-0.1, -0.05) is 13.8 Å². The third kappa shape index (κ3) is 4.44. The first-order chi connectivity index (χ1) is 14.4. The molecule has 2 atom stereocenters. The van der Waals surface area contributed by atoms with Gasteiger partial charge in [0.2, 0.25) is 0 Å². The van der Waals surface area contributed by atoms with E-state index < -0.39 is 4.92 Å². The van der Waals surface area contributed by atoms with Gasteiger partial charge in [0, 0.05) is 43.7 Å². The van der Waals surface area contributed by atoms with Crippen molar-refractivity contribution in [1.82, 2.24) is 20.1 Å². The maximum absolute atomic E-state index is 12.6. The summed E-state index contributed by atoms with van der Waals surface area (Å²) in [6, 6.07) is 5.26. The van der Waals surface area contributed by atoms with Crippen molar-refractivity contribution in [3.8, 4) is 0 Å². The second kappa shape index (κ2) is 8.41. The molecule has 2 fully saturated rings. The molecule has 0 radical (unpaired) electrons. The highest BCUT2D eigenvalue weighted by Crippen LogP contribution is 2.35. The van der Waals surface area contributed by atoms with Crippen molar-refractivity contribution < 1.29 is 9.72 Å². The number of hydrogen-bond donors (Lipinski definition) is 1. The van der Waals surface area contributed by atoms with Gasteiger partial charge < -0.3 is 14.8 Å². The third-order valence-corrected chi connectivity index (χ3v) is 5.87. The van der Waals surface area contributed by atoms with E-state index in [0.717, 1.165) is 38.2 Å². The van der Waals surface area contributed by atoms with Crippen molar-refractivity contribution in [2.45, 2.75) is 45.6 Å². The number of rotatable bonds is 7. The molecule has 1 N–H and O–H groups in total. The molecule has 1 amide bonds. The van der Waals surface area contributed by atoms with Crippen LogP contribution in [-0.2, 0) is 6.42 Å². The van der Waals surface area contributed by atoms with Gasteiger partial charge >= 0.3 is 0 Å². The van der Waals surface area contributed by atoms with Gasteiger partial charge in [-0.15, -0.1) is 10.2 Å². The van der Waals surface area contributed by atoms with Crippen molar-refractivity contribution >= 4 is 17.3 Å². The lowest BCUT2D eigenvalue weighted by molar-refractivity contribution is -0.384. The Morgan fingerprint density at radius 1 is 1.27 bits per heavy atom. The Bertz CT molecular complexity index is 929. The molecule has 1 aromatic carbocycles. The zero-order chi connectivity index (χ0) is 21.3. The van der Waals surface area contributed by atoms with Crippen LogP contribution in [0.3, 0.4) is 0 Å². The van der Waals surface area contributed by atoms with E-state index in [4.69, 9.17) is 0 Å². The van der Waals surface area contributed by atoms with E-state index >= 15 is 0 Å². The third-order valence-electron chi connectivity index (χ3n) is 5.87. The quantitative estimate of drug-likeness (QED) is 0.553. The first kappa shape index (κ1) is 20.3. The largest absolute Gasteiger partial charge is 0.365 e. The number of nitrogens with zero attached hydrogens (tertiary/aromatic N) is 5. The number of carbonyl (C=O) groups excluding carboxylic acids is 1. The standard InChI is InChI=1S/C21H28N6O3/c1-14-9-15(2)12-25(11-14)18-6-3-16(10-19(18)27(29)30)21(28)22-8-7-20-24-23-13-26(20)17-4-5-17/h3,6,10,13-15,17H,4-5,7-9,11-12H2,1-2H3,(H,22,28). The van der Waals surface area contributed by atoms with Crippen LogP contribution in [0.2, 0.25) is 0 Å². The normalized spacial score (nSPS) is 21.5. The van der Waals surface area contributed by atoms with Crippen LogP contribution in [0.4, 0.5) is 11.4 Å². The van der Waals surface area contributed by atoms with E-state index in [1.807, 2.05) is 0 Å². The molecule has 9 heteroatoms. The number of carbonyl (C=O) groups is 1. The molecule has 30 heavy (non-hydrogen) atoms. The number of anilines is 1. The molecular weight excluding hydrogens is 384 g/mol. The van der Waals surface area contributed by atoms with Gasteiger partial charge in [-0.3, -0.25) is 14.9 Å². The fraction of sp³-hybridized carbons (Fsp3) is 0.571. The molecule has 0 bridgehead atoms. The van der Waals surface area contributed by atoms with Gasteiger partial charge in [0.05, 0.1) is 4.92 Å². The zero-order valence-electron chi connectivity index (χ0n) is 17.5. The number of benzene rings is 1. The molecule has 160 valence electrons. The fourth-order valence-corrected chi connectivity index (χ4v) is 4.43. The van der Waals surface area contributed by atoms with Crippen molar-refractivity contribution in [1.29, 1.82) is 0 Å². The summed E-state index contributed by atoms with van der Waals surface area (Å²) in [7, 11) is 0. The van der Waals surface area contributed by atoms with Gasteiger partial charge in [-0.25, -0.2) is 0 Å². The minimum atomic E-state index is -0.395. The molecule has 2 aliphatic rings. The lowest BCUT2D eigenvalue weighted by Gasteiger charge is -2.36. The highest BCUT2D eigenvalue weighted by molar-refractivity contribution is 5.95. The Kier molecular flexibility index (Phi) is 5.69. The van der Waals surface area contributed by atoms with E-state index in [0.29, 0.717) is 42.1 Å². The molecule has 2 unspecified atom stereocenters. The van der Waals surface area contributed by atoms with E-state index in [1.165, 1.54) is 6.07 Å². The summed E-state index contributed by atoms with van der Waals surface area (Å²) in [5.41, 5.74) is 0.872. The Labute approximate surface area is 175 Å². The van der Waals surface area contributed by atoms with Gasteiger partial charge in [-0.05, 0) is 43.2 Å². The Balaban J connectivity index is 1.43. The van der Waals surface area contributed by atoms with Crippen LogP contribution in [0.5, 0.6) is 0 Å². The van der Waals surface area contributed by atoms with Crippen molar-refractivity contribution in [2.75, 3.05) is 24.5 Å². The highest BCUT2D eigenvalue weighted by Gasteiger charge is 2.28. The number of piperidine rings is 1. The molecular formula is C21H28N6O3.